The number of amides is 2. The molecule has 1 atom stereocenters. The number of hydrogen-bond donors (Lipinski definition) is 0. The highest BCUT2D eigenvalue weighted by atomic mass is 16.7. The van der Waals surface area contributed by atoms with Crippen LogP contribution in [0.4, 0.5) is 11.4 Å². The van der Waals surface area contributed by atoms with Crippen LogP contribution >= 0.6 is 0 Å². The van der Waals surface area contributed by atoms with Gasteiger partial charge in [-0.2, -0.15) is 0 Å². The Morgan fingerprint density at radius 2 is 1.77 bits per heavy atom. The van der Waals surface area contributed by atoms with Gasteiger partial charge in [-0.25, -0.2) is 4.90 Å². The molecule has 138 valence electrons. The fraction of sp³-hybridized carbons (Fsp3) is 0.529. The number of hydrogen-bond acceptors (Lipinski definition) is 7. The summed E-state index contributed by atoms with van der Waals surface area (Å²) in [7, 11) is 0. The zero-order valence-corrected chi connectivity index (χ0v) is 14.1. The molecule has 3 aliphatic heterocycles. The minimum atomic E-state index is -0.596. The van der Waals surface area contributed by atoms with Crippen LogP contribution in [0.1, 0.15) is 19.3 Å². The van der Waals surface area contributed by atoms with Crippen molar-refractivity contribution in [2.75, 3.05) is 31.2 Å². The predicted octanol–water partition coefficient (Wildman–Crippen LogP) is 1.07. The first-order valence-corrected chi connectivity index (χ1v) is 8.63. The Morgan fingerprint density at radius 1 is 1.12 bits per heavy atom. The zero-order valence-electron chi connectivity index (χ0n) is 14.1. The Hall–Kier alpha value is -2.36. The van der Waals surface area contributed by atoms with Crippen LogP contribution in [-0.4, -0.2) is 59.8 Å². The molecule has 2 amide bonds. The quantitative estimate of drug-likeness (QED) is 0.451. The molecule has 0 radical (unpaired) electrons. The lowest BCUT2D eigenvalue weighted by Crippen LogP contribution is -2.51. The van der Waals surface area contributed by atoms with Gasteiger partial charge in [-0.1, -0.05) is 12.1 Å². The molecule has 0 N–H and O–H groups in total. The Balaban J connectivity index is 1.52. The summed E-state index contributed by atoms with van der Waals surface area (Å²) >= 11 is 0. The molecule has 3 heterocycles. The number of nitro groups is 1. The summed E-state index contributed by atoms with van der Waals surface area (Å²) in [5, 5.41) is 11.2. The number of carbonyl (C=O) groups is 2. The van der Waals surface area contributed by atoms with E-state index in [9.17, 15) is 19.7 Å². The van der Waals surface area contributed by atoms with E-state index in [-0.39, 0.29) is 17.8 Å². The molecule has 1 spiro atoms. The molecule has 26 heavy (non-hydrogen) atoms. The number of para-hydroxylation sites is 2. The first kappa shape index (κ1) is 17.1. The molecule has 1 aromatic carbocycles. The summed E-state index contributed by atoms with van der Waals surface area (Å²) in [6, 6.07) is 5.22. The number of imide groups is 1. The van der Waals surface area contributed by atoms with Crippen molar-refractivity contribution in [3.8, 4) is 0 Å². The molecule has 0 aliphatic carbocycles. The summed E-state index contributed by atoms with van der Waals surface area (Å²) < 4.78 is 11.4. The SMILES string of the molecule is O=C1C[C@@H](N2CCC3(CC2)OCCO3)C(=O)N1c1ccccc1[N+](=O)[O-]. The van der Waals surface area contributed by atoms with Crippen molar-refractivity contribution in [3.63, 3.8) is 0 Å². The number of nitro benzene ring substituents is 1. The van der Waals surface area contributed by atoms with Crippen molar-refractivity contribution in [3.05, 3.63) is 34.4 Å². The molecule has 0 aromatic heterocycles. The number of nitrogens with zero attached hydrogens (tertiary/aromatic N) is 3. The second-order valence-electron chi connectivity index (χ2n) is 6.68. The lowest BCUT2D eigenvalue weighted by molar-refractivity contribution is -0.384. The summed E-state index contributed by atoms with van der Waals surface area (Å²) in [4.78, 5) is 38.9. The highest BCUT2D eigenvalue weighted by molar-refractivity contribution is 6.23. The number of carbonyl (C=O) groups excluding carboxylic acids is 2. The highest BCUT2D eigenvalue weighted by Gasteiger charge is 2.48. The van der Waals surface area contributed by atoms with E-state index in [2.05, 4.69) is 0 Å². The lowest BCUT2D eigenvalue weighted by Gasteiger charge is -2.39. The van der Waals surface area contributed by atoms with Crippen molar-refractivity contribution in [2.24, 2.45) is 0 Å². The normalized spacial score (nSPS) is 26.0. The number of ether oxygens (including phenoxy) is 2. The van der Waals surface area contributed by atoms with E-state index < -0.39 is 28.6 Å². The van der Waals surface area contributed by atoms with Gasteiger partial charge in [-0.3, -0.25) is 24.6 Å². The van der Waals surface area contributed by atoms with E-state index in [4.69, 9.17) is 9.47 Å². The molecule has 1 aromatic rings. The molecule has 4 rings (SSSR count). The van der Waals surface area contributed by atoms with E-state index in [1.54, 1.807) is 6.07 Å². The van der Waals surface area contributed by atoms with Gasteiger partial charge in [0.05, 0.1) is 30.6 Å². The Bertz CT molecular complexity index is 751. The molecule has 0 bridgehead atoms. The summed E-state index contributed by atoms with van der Waals surface area (Å²) in [6.45, 7) is 2.31. The van der Waals surface area contributed by atoms with E-state index >= 15 is 0 Å². The molecule has 0 unspecified atom stereocenters. The van der Waals surface area contributed by atoms with Gasteiger partial charge in [-0.05, 0) is 6.07 Å². The monoisotopic (exact) mass is 361 g/mol. The maximum absolute atomic E-state index is 12.9. The van der Waals surface area contributed by atoms with E-state index in [1.807, 2.05) is 4.90 Å². The Labute approximate surface area is 149 Å². The smallest absolute Gasteiger partial charge is 0.293 e. The molecule has 9 nitrogen and oxygen atoms in total. The van der Waals surface area contributed by atoms with E-state index in [0.29, 0.717) is 39.1 Å². The van der Waals surface area contributed by atoms with Crippen LogP contribution in [-0.2, 0) is 19.1 Å². The average molecular weight is 361 g/mol. The first-order valence-electron chi connectivity index (χ1n) is 8.63. The van der Waals surface area contributed by atoms with Gasteiger partial charge in [0.25, 0.3) is 11.6 Å². The third kappa shape index (κ3) is 2.77. The average Bonchev–Trinajstić information content (AvgIpc) is 3.20. The molecule has 3 aliphatic rings. The highest BCUT2D eigenvalue weighted by Crippen LogP contribution is 2.36. The number of benzene rings is 1. The third-order valence-electron chi connectivity index (χ3n) is 5.26. The third-order valence-corrected chi connectivity index (χ3v) is 5.26. The van der Waals surface area contributed by atoms with Crippen molar-refractivity contribution < 1.29 is 24.0 Å². The minimum absolute atomic E-state index is 0.0274. The van der Waals surface area contributed by atoms with Crippen molar-refractivity contribution in [1.29, 1.82) is 0 Å². The zero-order chi connectivity index (χ0) is 18.3. The van der Waals surface area contributed by atoms with Crippen molar-refractivity contribution in [1.82, 2.24) is 4.90 Å². The van der Waals surface area contributed by atoms with Gasteiger partial charge < -0.3 is 9.47 Å². The summed E-state index contributed by atoms with van der Waals surface area (Å²) in [5.74, 6) is -1.38. The number of piperidine rings is 1. The molecule has 9 heteroatoms. The lowest BCUT2D eigenvalue weighted by atomic mass is 10.0. The minimum Gasteiger partial charge on any atom is -0.347 e. The van der Waals surface area contributed by atoms with Gasteiger partial charge in [0.2, 0.25) is 5.91 Å². The molecular weight excluding hydrogens is 342 g/mol. The Morgan fingerprint density at radius 3 is 2.42 bits per heavy atom. The molecule has 0 saturated carbocycles. The first-order chi connectivity index (χ1) is 12.5. The second kappa shape index (κ2) is 6.42. The van der Waals surface area contributed by atoms with Crippen LogP contribution in [0, 0.1) is 10.1 Å². The maximum Gasteiger partial charge on any atom is 0.293 e. The Kier molecular flexibility index (Phi) is 4.22. The number of anilines is 1. The van der Waals surface area contributed by atoms with Crippen molar-refractivity contribution >= 4 is 23.2 Å². The van der Waals surface area contributed by atoms with Crippen LogP contribution in [0.3, 0.4) is 0 Å². The van der Waals surface area contributed by atoms with Gasteiger partial charge in [-0.15, -0.1) is 0 Å². The number of likely N-dealkylation sites (tertiary alicyclic amines) is 1. The molecular formula is C17H19N3O6. The number of rotatable bonds is 3. The van der Waals surface area contributed by atoms with E-state index in [0.717, 1.165) is 4.90 Å². The molecule has 3 saturated heterocycles. The van der Waals surface area contributed by atoms with Crippen LogP contribution in [0.5, 0.6) is 0 Å². The van der Waals surface area contributed by atoms with Crippen molar-refractivity contribution in [2.45, 2.75) is 31.1 Å². The van der Waals surface area contributed by atoms with Gasteiger partial charge in [0.1, 0.15) is 5.69 Å². The fourth-order valence-corrected chi connectivity index (χ4v) is 3.92. The summed E-state index contributed by atoms with van der Waals surface area (Å²) in [6.07, 6.45) is 1.30. The van der Waals surface area contributed by atoms with Crippen LogP contribution in [0.2, 0.25) is 0 Å². The van der Waals surface area contributed by atoms with E-state index in [1.165, 1.54) is 18.2 Å². The topological polar surface area (TPSA) is 102 Å². The predicted molar refractivity (Wildman–Crippen MR) is 89.4 cm³/mol. The second-order valence-corrected chi connectivity index (χ2v) is 6.68. The summed E-state index contributed by atoms with van der Waals surface area (Å²) in [5.41, 5.74) is -0.217. The van der Waals surface area contributed by atoms with Gasteiger partial charge >= 0.3 is 0 Å². The standard InChI is InChI=1S/C17H19N3O6/c21-15-11-14(18-7-5-17(6-8-18)25-9-10-26-17)16(22)19(15)12-3-1-2-4-13(12)20(23)24/h1-4,14H,5-11H2/t14-/m1/s1. The molecule has 3 fully saturated rings. The van der Waals surface area contributed by atoms with Gasteiger partial charge in [0, 0.05) is 32.0 Å². The van der Waals surface area contributed by atoms with Gasteiger partial charge in [0.15, 0.2) is 5.79 Å². The van der Waals surface area contributed by atoms with Crippen LogP contribution in [0.15, 0.2) is 24.3 Å². The fourth-order valence-electron chi connectivity index (χ4n) is 3.92. The maximum atomic E-state index is 12.9. The van der Waals surface area contributed by atoms with Crippen LogP contribution < -0.4 is 4.90 Å². The van der Waals surface area contributed by atoms with Crippen LogP contribution in [0.25, 0.3) is 0 Å². The largest absolute Gasteiger partial charge is 0.347 e.